The summed E-state index contributed by atoms with van der Waals surface area (Å²) in [6.07, 6.45) is 3.71. The first-order valence-electron chi connectivity index (χ1n) is 7.76. The molecule has 1 fully saturated rings. The van der Waals surface area contributed by atoms with Crippen LogP contribution in [-0.2, 0) is 16.6 Å². The lowest BCUT2D eigenvalue weighted by molar-refractivity contribution is -0.127. The minimum Gasteiger partial charge on any atom is -0.298 e. The van der Waals surface area contributed by atoms with E-state index in [0.717, 1.165) is 24.8 Å². The lowest BCUT2D eigenvalue weighted by Gasteiger charge is -2.41. The van der Waals surface area contributed by atoms with E-state index in [2.05, 4.69) is 44.2 Å². The third kappa shape index (κ3) is 2.65. The van der Waals surface area contributed by atoms with Gasteiger partial charge in [0.2, 0.25) is 0 Å². The molecule has 0 radical (unpaired) electrons. The molecular formula is C20H22O. The van der Waals surface area contributed by atoms with Crippen molar-refractivity contribution >= 4 is 5.78 Å². The Morgan fingerprint density at radius 1 is 1.00 bits per heavy atom. The summed E-state index contributed by atoms with van der Waals surface area (Å²) in [5.41, 5.74) is 4.60. The molecule has 0 unspecified atom stereocenters. The summed E-state index contributed by atoms with van der Waals surface area (Å²) >= 11 is 0. The van der Waals surface area contributed by atoms with Crippen molar-refractivity contribution in [1.29, 1.82) is 0 Å². The molecule has 0 amide bonds. The van der Waals surface area contributed by atoms with Gasteiger partial charge in [-0.3, -0.25) is 4.79 Å². The van der Waals surface area contributed by atoms with Crippen LogP contribution in [0.4, 0.5) is 0 Å². The zero-order chi connectivity index (χ0) is 14.9. The predicted octanol–water partition coefficient (Wildman–Crippen LogP) is 4.54. The van der Waals surface area contributed by atoms with Gasteiger partial charge in [0, 0.05) is 6.42 Å². The summed E-state index contributed by atoms with van der Waals surface area (Å²) in [6.45, 7) is 4.19. The molecule has 1 heteroatoms. The smallest absolute Gasteiger partial charge is 0.147 e. The second kappa shape index (κ2) is 5.48. The Kier molecular flexibility index (Phi) is 3.67. The van der Waals surface area contributed by atoms with Gasteiger partial charge < -0.3 is 0 Å². The molecule has 0 aromatic heterocycles. The maximum Gasteiger partial charge on any atom is 0.147 e. The minimum atomic E-state index is -0.223. The average molecular weight is 278 g/mol. The van der Waals surface area contributed by atoms with Crippen LogP contribution in [0.2, 0.25) is 0 Å². The highest BCUT2D eigenvalue weighted by Gasteiger charge is 2.44. The first-order valence-corrected chi connectivity index (χ1v) is 7.76. The van der Waals surface area contributed by atoms with Gasteiger partial charge in [0.1, 0.15) is 5.78 Å². The Morgan fingerprint density at radius 3 is 2.14 bits per heavy atom. The molecule has 0 bridgehead atoms. The zero-order valence-electron chi connectivity index (χ0n) is 12.9. The van der Waals surface area contributed by atoms with Gasteiger partial charge in [-0.2, -0.15) is 0 Å². The van der Waals surface area contributed by atoms with Gasteiger partial charge in [-0.1, -0.05) is 66.1 Å². The number of aryl methyl sites for hydroxylation is 2. The largest absolute Gasteiger partial charge is 0.298 e. The lowest BCUT2D eigenvalue weighted by Crippen LogP contribution is -2.43. The Balaban J connectivity index is 1.87. The first-order chi connectivity index (χ1) is 10.1. The minimum absolute atomic E-state index is 0.223. The monoisotopic (exact) mass is 278 g/mol. The second-order valence-corrected chi connectivity index (χ2v) is 6.40. The maximum absolute atomic E-state index is 12.9. The van der Waals surface area contributed by atoms with E-state index in [1.165, 1.54) is 16.7 Å². The van der Waals surface area contributed by atoms with Crippen molar-refractivity contribution in [3.05, 3.63) is 70.8 Å². The van der Waals surface area contributed by atoms with Crippen molar-refractivity contribution in [3.8, 4) is 0 Å². The summed E-state index contributed by atoms with van der Waals surface area (Å²) in [5, 5.41) is 0. The fraction of sp³-hybridized carbons (Fsp3) is 0.350. The Morgan fingerprint density at radius 2 is 1.62 bits per heavy atom. The van der Waals surface area contributed by atoms with Crippen molar-refractivity contribution in [1.82, 2.24) is 0 Å². The van der Waals surface area contributed by atoms with Gasteiger partial charge in [-0.15, -0.1) is 0 Å². The van der Waals surface area contributed by atoms with Crippen molar-refractivity contribution < 1.29 is 4.79 Å². The number of carbonyl (C=O) groups is 1. The van der Waals surface area contributed by atoms with Gasteiger partial charge in [0.25, 0.3) is 0 Å². The molecule has 1 aliphatic carbocycles. The number of carbonyl (C=O) groups excluding carboxylic acids is 1. The summed E-state index contributed by atoms with van der Waals surface area (Å²) in [4.78, 5) is 12.9. The van der Waals surface area contributed by atoms with Gasteiger partial charge in [-0.25, -0.2) is 0 Å². The third-order valence-electron chi connectivity index (χ3n) is 4.71. The van der Waals surface area contributed by atoms with Crippen molar-refractivity contribution in [2.75, 3.05) is 0 Å². The Bertz CT molecular complexity index is 631. The molecule has 1 nitrogen and oxygen atoms in total. The highest BCUT2D eigenvalue weighted by atomic mass is 16.1. The molecule has 3 rings (SSSR count). The molecule has 0 atom stereocenters. The van der Waals surface area contributed by atoms with E-state index in [9.17, 15) is 4.79 Å². The van der Waals surface area contributed by atoms with Gasteiger partial charge in [0.15, 0.2) is 0 Å². The van der Waals surface area contributed by atoms with E-state index >= 15 is 0 Å². The van der Waals surface area contributed by atoms with Gasteiger partial charge >= 0.3 is 0 Å². The highest BCUT2D eigenvalue weighted by molar-refractivity contribution is 5.92. The van der Waals surface area contributed by atoms with E-state index < -0.39 is 0 Å². The molecule has 0 heterocycles. The topological polar surface area (TPSA) is 17.1 Å². The Hall–Kier alpha value is -1.89. The molecule has 0 spiro atoms. The first kappa shape index (κ1) is 14.1. The molecule has 21 heavy (non-hydrogen) atoms. The van der Waals surface area contributed by atoms with E-state index in [4.69, 9.17) is 0 Å². The van der Waals surface area contributed by atoms with Crippen LogP contribution in [0.3, 0.4) is 0 Å². The molecule has 108 valence electrons. The summed E-state index contributed by atoms with van der Waals surface area (Å²) in [7, 11) is 0. The molecule has 2 aromatic carbocycles. The van der Waals surface area contributed by atoms with Crippen LogP contribution in [0.25, 0.3) is 0 Å². The van der Waals surface area contributed by atoms with Crippen molar-refractivity contribution in [2.45, 2.75) is 44.9 Å². The SMILES string of the molecule is Cc1cc(C)cc(CC(=O)C2(c3ccccc3)CCC2)c1. The number of ketones is 1. The average Bonchev–Trinajstić information content (AvgIpc) is 2.37. The predicted molar refractivity (Wildman–Crippen MR) is 86.6 cm³/mol. The second-order valence-electron chi connectivity index (χ2n) is 6.40. The molecule has 0 N–H and O–H groups in total. The van der Waals surface area contributed by atoms with Crippen LogP contribution in [0.1, 0.15) is 41.5 Å². The molecule has 0 aliphatic heterocycles. The van der Waals surface area contributed by atoms with Gasteiger partial charge in [0.05, 0.1) is 5.41 Å². The van der Waals surface area contributed by atoms with Crippen LogP contribution in [-0.4, -0.2) is 5.78 Å². The Labute approximate surface area is 127 Å². The van der Waals surface area contributed by atoms with Crippen molar-refractivity contribution in [3.63, 3.8) is 0 Å². The third-order valence-corrected chi connectivity index (χ3v) is 4.71. The lowest BCUT2D eigenvalue weighted by atomic mass is 9.61. The summed E-state index contributed by atoms with van der Waals surface area (Å²) in [6, 6.07) is 16.8. The number of hydrogen-bond acceptors (Lipinski definition) is 1. The van der Waals surface area contributed by atoms with Crippen LogP contribution >= 0.6 is 0 Å². The summed E-state index contributed by atoms with van der Waals surface area (Å²) in [5.74, 6) is 0.380. The van der Waals surface area contributed by atoms with Crippen LogP contribution < -0.4 is 0 Å². The molecule has 1 saturated carbocycles. The van der Waals surface area contributed by atoms with E-state index in [-0.39, 0.29) is 5.41 Å². The molecule has 2 aromatic rings. The highest BCUT2D eigenvalue weighted by Crippen LogP contribution is 2.45. The molecule has 1 aliphatic rings. The van der Waals surface area contributed by atoms with Crippen LogP contribution in [0, 0.1) is 13.8 Å². The fourth-order valence-corrected chi connectivity index (χ4v) is 3.54. The number of rotatable bonds is 4. The number of hydrogen-bond donors (Lipinski definition) is 0. The normalized spacial score (nSPS) is 16.3. The number of benzene rings is 2. The van der Waals surface area contributed by atoms with E-state index in [1.807, 2.05) is 18.2 Å². The quantitative estimate of drug-likeness (QED) is 0.802. The standard InChI is InChI=1S/C20H22O/c1-15-11-16(2)13-17(12-15)14-19(21)20(9-6-10-20)18-7-4-3-5-8-18/h3-5,7-8,11-13H,6,9-10,14H2,1-2H3. The van der Waals surface area contributed by atoms with Crippen LogP contribution in [0.5, 0.6) is 0 Å². The molecule has 0 saturated heterocycles. The van der Waals surface area contributed by atoms with Crippen LogP contribution in [0.15, 0.2) is 48.5 Å². The van der Waals surface area contributed by atoms with E-state index in [1.54, 1.807) is 0 Å². The fourth-order valence-electron chi connectivity index (χ4n) is 3.54. The van der Waals surface area contributed by atoms with Gasteiger partial charge in [-0.05, 0) is 37.8 Å². The maximum atomic E-state index is 12.9. The number of Topliss-reactive ketones (excluding diaryl/α,β-unsaturated/α-hetero) is 1. The van der Waals surface area contributed by atoms with E-state index in [0.29, 0.717) is 12.2 Å². The zero-order valence-corrected chi connectivity index (χ0v) is 12.9. The molecular weight excluding hydrogens is 256 g/mol. The summed E-state index contributed by atoms with van der Waals surface area (Å²) < 4.78 is 0. The van der Waals surface area contributed by atoms with Crippen molar-refractivity contribution in [2.24, 2.45) is 0 Å².